The Hall–Kier alpha value is -1.62. The molecule has 0 bridgehead atoms. The monoisotopic (exact) mass is 224 g/mol. The van der Waals surface area contributed by atoms with Gasteiger partial charge in [-0.1, -0.05) is 13.0 Å². The molecule has 2 N–H and O–H groups in total. The molecule has 0 heterocycles. The molecule has 0 aromatic heterocycles. The van der Waals surface area contributed by atoms with Crippen molar-refractivity contribution in [2.75, 3.05) is 11.9 Å². The van der Waals surface area contributed by atoms with Crippen LogP contribution in [-0.4, -0.2) is 22.7 Å². The van der Waals surface area contributed by atoms with Crippen LogP contribution in [0.4, 0.5) is 11.4 Å². The van der Waals surface area contributed by atoms with E-state index >= 15 is 0 Å². The van der Waals surface area contributed by atoms with E-state index in [0.717, 1.165) is 0 Å². The molecule has 16 heavy (non-hydrogen) atoms. The molecular weight excluding hydrogens is 208 g/mol. The van der Waals surface area contributed by atoms with Crippen LogP contribution < -0.4 is 5.32 Å². The van der Waals surface area contributed by atoms with Gasteiger partial charge in [0.2, 0.25) is 0 Å². The Morgan fingerprint density at radius 2 is 2.25 bits per heavy atom. The van der Waals surface area contributed by atoms with Gasteiger partial charge in [0, 0.05) is 23.9 Å². The first-order valence-electron chi connectivity index (χ1n) is 5.21. The van der Waals surface area contributed by atoms with Crippen molar-refractivity contribution in [2.45, 2.75) is 26.4 Å². The second kappa shape index (κ2) is 5.46. The van der Waals surface area contributed by atoms with E-state index in [1.807, 2.05) is 6.92 Å². The zero-order valence-electron chi connectivity index (χ0n) is 9.43. The van der Waals surface area contributed by atoms with E-state index in [1.165, 1.54) is 6.07 Å². The van der Waals surface area contributed by atoms with Crippen molar-refractivity contribution in [3.05, 3.63) is 33.9 Å². The van der Waals surface area contributed by atoms with Crippen molar-refractivity contribution in [2.24, 2.45) is 0 Å². The van der Waals surface area contributed by atoms with Crippen LogP contribution in [0.1, 0.15) is 18.9 Å². The van der Waals surface area contributed by atoms with Crippen LogP contribution >= 0.6 is 0 Å². The van der Waals surface area contributed by atoms with Gasteiger partial charge in [-0.3, -0.25) is 10.1 Å². The number of nitrogens with zero attached hydrogens (tertiary/aromatic N) is 1. The quantitative estimate of drug-likeness (QED) is 0.593. The normalized spacial score (nSPS) is 12.2. The van der Waals surface area contributed by atoms with Crippen molar-refractivity contribution in [1.29, 1.82) is 0 Å². The molecule has 0 saturated heterocycles. The SMILES string of the molecule is CCC(O)CNc1ccc(C)c([N+](=O)[O-])c1. The van der Waals surface area contributed by atoms with Gasteiger partial charge in [-0.25, -0.2) is 0 Å². The summed E-state index contributed by atoms with van der Waals surface area (Å²) in [5.74, 6) is 0. The topological polar surface area (TPSA) is 75.4 Å². The predicted molar refractivity (Wildman–Crippen MR) is 62.6 cm³/mol. The molecule has 0 saturated carbocycles. The highest BCUT2D eigenvalue weighted by Gasteiger charge is 2.11. The first-order chi connectivity index (χ1) is 7.54. The first kappa shape index (κ1) is 12.4. The molecule has 1 rings (SSSR count). The lowest BCUT2D eigenvalue weighted by atomic mass is 10.2. The molecule has 1 unspecified atom stereocenters. The lowest BCUT2D eigenvalue weighted by Gasteiger charge is -2.10. The van der Waals surface area contributed by atoms with Gasteiger partial charge < -0.3 is 10.4 Å². The fourth-order valence-corrected chi connectivity index (χ4v) is 1.30. The summed E-state index contributed by atoms with van der Waals surface area (Å²) in [6.07, 6.45) is 0.224. The van der Waals surface area contributed by atoms with Crippen LogP contribution in [0.5, 0.6) is 0 Å². The van der Waals surface area contributed by atoms with Crippen LogP contribution in [0, 0.1) is 17.0 Å². The average Bonchev–Trinajstić information content (AvgIpc) is 2.27. The number of nitrogens with one attached hydrogen (secondary N) is 1. The molecule has 5 nitrogen and oxygen atoms in total. The van der Waals surface area contributed by atoms with Gasteiger partial charge in [-0.05, 0) is 19.4 Å². The van der Waals surface area contributed by atoms with Crippen molar-refractivity contribution < 1.29 is 10.0 Å². The summed E-state index contributed by atoms with van der Waals surface area (Å²) in [6, 6.07) is 4.95. The summed E-state index contributed by atoms with van der Waals surface area (Å²) in [5, 5.41) is 23.0. The fraction of sp³-hybridized carbons (Fsp3) is 0.455. The third-order valence-corrected chi connectivity index (χ3v) is 2.42. The van der Waals surface area contributed by atoms with E-state index in [9.17, 15) is 15.2 Å². The van der Waals surface area contributed by atoms with Crippen LogP contribution in [0.2, 0.25) is 0 Å². The number of nitro groups is 1. The van der Waals surface area contributed by atoms with E-state index in [0.29, 0.717) is 24.2 Å². The second-order valence-electron chi connectivity index (χ2n) is 3.70. The smallest absolute Gasteiger partial charge is 0.274 e. The van der Waals surface area contributed by atoms with Gasteiger partial charge in [-0.15, -0.1) is 0 Å². The molecule has 1 aromatic carbocycles. The largest absolute Gasteiger partial charge is 0.391 e. The predicted octanol–water partition coefficient (Wildman–Crippen LogP) is 2.09. The number of aryl methyl sites for hydroxylation is 1. The van der Waals surface area contributed by atoms with Crippen LogP contribution in [0.15, 0.2) is 18.2 Å². The standard InChI is InChI=1S/C11H16N2O3/c1-3-10(14)7-12-9-5-4-8(2)11(6-9)13(15)16/h4-6,10,12,14H,3,7H2,1-2H3. The van der Waals surface area contributed by atoms with Gasteiger partial charge in [-0.2, -0.15) is 0 Å². The number of benzene rings is 1. The molecule has 88 valence electrons. The minimum Gasteiger partial charge on any atom is -0.391 e. The van der Waals surface area contributed by atoms with E-state index in [4.69, 9.17) is 0 Å². The molecule has 0 aliphatic rings. The fourth-order valence-electron chi connectivity index (χ4n) is 1.30. The Morgan fingerprint density at radius 3 is 2.81 bits per heavy atom. The van der Waals surface area contributed by atoms with Crippen molar-refractivity contribution in [3.63, 3.8) is 0 Å². The van der Waals surface area contributed by atoms with Gasteiger partial charge >= 0.3 is 0 Å². The Kier molecular flexibility index (Phi) is 4.25. The highest BCUT2D eigenvalue weighted by atomic mass is 16.6. The highest BCUT2D eigenvalue weighted by Crippen LogP contribution is 2.22. The average molecular weight is 224 g/mol. The number of hydrogen-bond acceptors (Lipinski definition) is 4. The zero-order chi connectivity index (χ0) is 12.1. The summed E-state index contributed by atoms with van der Waals surface area (Å²) < 4.78 is 0. The van der Waals surface area contributed by atoms with Gasteiger partial charge in [0.05, 0.1) is 11.0 Å². The molecule has 0 aliphatic heterocycles. The minimum atomic E-state index is -0.430. The molecule has 0 aliphatic carbocycles. The second-order valence-corrected chi connectivity index (χ2v) is 3.70. The van der Waals surface area contributed by atoms with Crippen LogP contribution in [0.3, 0.4) is 0 Å². The van der Waals surface area contributed by atoms with Gasteiger partial charge in [0.25, 0.3) is 5.69 Å². The maximum Gasteiger partial charge on any atom is 0.274 e. The molecule has 0 radical (unpaired) electrons. The Balaban J connectivity index is 2.75. The molecule has 1 aromatic rings. The summed E-state index contributed by atoms with van der Waals surface area (Å²) in [7, 11) is 0. The Bertz CT molecular complexity index is 379. The summed E-state index contributed by atoms with van der Waals surface area (Å²) in [4.78, 5) is 10.3. The zero-order valence-corrected chi connectivity index (χ0v) is 9.43. The first-order valence-corrected chi connectivity index (χ1v) is 5.21. The van der Waals surface area contributed by atoms with Crippen molar-refractivity contribution in [1.82, 2.24) is 0 Å². The third-order valence-electron chi connectivity index (χ3n) is 2.42. The van der Waals surface area contributed by atoms with E-state index < -0.39 is 11.0 Å². The molecule has 5 heteroatoms. The number of hydrogen-bond donors (Lipinski definition) is 2. The minimum absolute atomic E-state index is 0.0935. The van der Waals surface area contributed by atoms with Crippen molar-refractivity contribution in [3.8, 4) is 0 Å². The summed E-state index contributed by atoms with van der Waals surface area (Å²) >= 11 is 0. The third kappa shape index (κ3) is 3.20. The Labute approximate surface area is 94.3 Å². The molecular formula is C11H16N2O3. The van der Waals surface area contributed by atoms with Crippen LogP contribution in [-0.2, 0) is 0 Å². The maximum atomic E-state index is 10.7. The number of aliphatic hydroxyl groups excluding tert-OH is 1. The number of aliphatic hydroxyl groups is 1. The number of rotatable bonds is 5. The molecule has 0 spiro atoms. The molecule has 1 atom stereocenters. The maximum absolute atomic E-state index is 10.7. The Morgan fingerprint density at radius 1 is 1.56 bits per heavy atom. The van der Waals surface area contributed by atoms with E-state index in [1.54, 1.807) is 19.1 Å². The van der Waals surface area contributed by atoms with Gasteiger partial charge in [0.15, 0.2) is 0 Å². The van der Waals surface area contributed by atoms with Gasteiger partial charge in [0.1, 0.15) is 0 Å². The molecule has 0 amide bonds. The van der Waals surface area contributed by atoms with E-state index in [2.05, 4.69) is 5.32 Å². The van der Waals surface area contributed by atoms with Crippen LogP contribution in [0.25, 0.3) is 0 Å². The lowest BCUT2D eigenvalue weighted by molar-refractivity contribution is -0.385. The highest BCUT2D eigenvalue weighted by molar-refractivity contribution is 5.54. The lowest BCUT2D eigenvalue weighted by Crippen LogP contribution is -2.18. The number of nitro benzene ring substituents is 1. The number of anilines is 1. The van der Waals surface area contributed by atoms with E-state index in [-0.39, 0.29) is 5.69 Å². The summed E-state index contributed by atoms with van der Waals surface area (Å²) in [5.41, 5.74) is 1.38. The summed E-state index contributed by atoms with van der Waals surface area (Å²) in [6.45, 7) is 3.98. The van der Waals surface area contributed by atoms with Crippen molar-refractivity contribution >= 4 is 11.4 Å². The molecule has 0 fully saturated rings.